The van der Waals surface area contributed by atoms with E-state index in [9.17, 15) is 4.79 Å². The Morgan fingerprint density at radius 1 is 1.43 bits per heavy atom. The third kappa shape index (κ3) is 6.67. The van der Waals surface area contributed by atoms with E-state index < -0.39 is 0 Å². The number of ketones is 1. The Morgan fingerprint density at radius 2 is 1.57 bits per heavy atom. The second kappa shape index (κ2) is 4.82. The van der Waals surface area contributed by atoms with Gasteiger partial charge in [-0.05, 0) is 6.92 Å². The fourth-order valence-electron chi connectivity index (χ4n) is 0. The Kier molecular flexibility index (Phi) is 7.31. The molecule has 1 nitrogen and oxygen atoms in total. The second-order valence-corrected chi connectivity index (χ2v) is 1.77. The number of rotatable bonds is 1. The van der Waals surface area contributed by atoms with Gasteiger partial charge in [0.15, 0.2) is 0 Å². The molecule has 0 aliphatic carbocycles. The molecule has 0 aromatic heterocycles. The van der Waals surface area contributed by atoms with Crippen LogP contribution in [0.4, 0.5) is 0 Å². The SMILES string of the molecule is CC(=O)C(C)C.[NaH]. The van der Waals surface area contributed by atoms with Gasteiger partial charge in [-0.3, -0.25) is 4.79 Å². The first-order valence-corrected chi connectivity index (χ1v) is 2.15. The van der Waals surface area contributed by atoms with Gasteiger partial charge in [0.25, 0.3) is 0 Å². The Hall–Kier alpha value is 0.670. The summed E-state index contributed by atoms with van der Waals surface area (Å²) in [6, 6.07) is 0. The van der Waals surface area contributed by atoms with Gasteiger partial charge in [0, 0.05) is 5.92 Å². The van der Waals surface area contributed by atoms with Gasteiger partial charge < -0.3 is 0 Å². The summed E-state index contributed by atoms with van der Waals surface area (Å²) in [6.07, 6.45) is 0. The van der Waals surface area contributed by atoms with Crippen molar-refractivity contribution >= 4 is 35.3 Å². The Balaban J connectivity index is 0. The normalized spacial score (nSPS) is 8.00. The van der Waals surface area contributed by atoms with Crippen molar-refractivity contribution in [3.05, 3.63) is 0 Å². The van der Waals surface area contributed by atoms with E-state index in [1.807, 2.05) is 13.8 Å². The molecule has 7 heavy (non-hydrogen) atoms. The fraction of sp³-hybridized carbons (Fsp3) is 0.800. The number of carbonyl (C=O) groups excluding carboxylic acids is 1. The maximum absolute atomic E-state index is 10.1. The molecule has 0 saturated carbocycles. The van der Waals surface area contributed by atoms with Gasteiger partial charge in [0.2, 0.25) is 0 Å². The first kappa shape index (κ1) is 10.6. The van der Waals surface area contributed by atoms with Crippen molar-refractivity contribution < 1.29 is 4.79 Å². The standard InChI is InChI=1S/C5H10O.Na.H/c1-4(2)5(3)6;;/h4H,1-3H3;;. The summed E-state index contributed by atoms with van der Waals surface area (Å²) < 4.78 is 0. The summed E-state index contributed by atoms with van der Waals surface area (Å²) in [5, 5.41) is 0. The summed E-state index contributed by atoms with van der Waals surface area (Å²) in [6.45, 7) is 5.38. The summed E-state index contributed by atoms with van der Waals surface area (Å²) in [4.78, 5) is 10.1. The molecule has 38 valence electrons. The minimum absolute atomic E-state index is 0. The third-order valence-electron chi connectivity index (χ3n) is 0.813. The number of Topliss-reactive ketones (excluding diaryl/α,β-unsaturated/α-hetero) is 1. The molecule has 0 aromatic carbocycles. The zero-order chi connectivity index (χ0) is 5.15. The summed E-state index contributed by atoms with van der Waals surface area (Å²) in [7, 11) is 0. The van der Waals surface area contributed by atoms with E-state index in [0.29, 0.717) is 0 Å². The molecule has 0 aromatic rings. The minimum atomic E-state index is 0. The van der Waals surface area contributed by atoms with Crippen LogP contribution in [0.25, 0.3) is 0 Å². The molecule has 0 saturated heterocycles. The van der Waals surface area contributed by atoms with Crippen molar-refractivity contribution in [3.8, 4) is 0 Å². The van der Waals surface area contributed by atoms with Crippen molar-refractivity contribution in [1.82, 2.24) is 0 Å². The van der Waals surface area contributed by atoms with Crippen LogP contribution in [0, 0.1) is 5.92 Å². The molecule has 0 unspecified atom stereocenters. The fourth-order valence-corrected chi connectivity index (χ4v) is 0. The zero-order valence-electron chi connectivity index (χ0n) is 4.49. The van der Waals surface area contributed by atoms with Crippen molar-refractivity contribution in [2.24, 2.45) is 5.92 Å². The molecule has 2 heteroatoms. The molecule has 0 heterocycles. The van der Waals surface area contributed by atoms with Gasteiger partial charge in [0.05, 0.1) is 0 Å². The number of hydrogen-bond donors (Lipinski definition) is 0. The molecular formula is C5H11NaO. The molecule has 0 aliphatic heterocycles. The van der Waals surface area contributed by atoms with Crippen LogP contribution < -0.4 is 0 Å². The summed E-state index contributed by atoms with van der Waals surface area (Å²) in [5.74, 6) is 0.472. The van der Waals surface area contributed by atoms with Crippen LogP contribution in [-0.2, 0) is 4.79 Å². The van der Waals surface area contributed by atoms with Crippen LogP contribution in [0.2, 0.25) is 0 Å². The van der Waals surface area contributed by atoms with Gasteiger partial charge in [-0.1, -0.05) is 13.8 Å². The second-order valence-electron chi connectivity index (χ2n) is 1.77. The van der Waals surface area contributed by atoms with Crippen LogP contribution in [0.1, 0.15) is 20.8 Å². The van der Waals surface area contributed by atoms with Gasteiger partial charge >= 0.3 is 29.6 Å². The third-order valence-corrected chi connectivity index (χ3v) is 0.813. The molecule has 0 atom stereocenters. The zero-order valence-corrected chi connectivity index (χ0v) is 4.49. The average molecular weight is 110 g/mol. The topological polar surface area (TPSA) is 17.1 Å². The monoisotopic (exact) mass is 110 g/mol. The molecule has 0 aliphatic rings. The molecule has 0 spiro atoms. The Morgan fingerprint density at radius 3 is 1.57 bits per heavy atom. The van der Waals surface area contributed by atoms with Gasteiger partial charge in [0.1, 0.15) is 5.78 Å². The summed E-state index contributed by atoms with van der Waals surface area (Å²) >= 11 is 0. The van der Waals surface area contributed by atoms with Gasteiger partial charge in [-0.25, -0.2) is 0 Å². The maximum atomic E-state index is 10.1. The van der Waals surface area contributed by atoms with Crippen molar-refractivity contribution in [1.29, 1.82) is 0 Å². The van der Waals surface area contributed by atoms with Crippen LogP contribution in [0.15, 0.2) is 0 Å². The van der Waals surface area contributed by atoms with Crippen molar-refractivity contribution in [3.63, 3.8) is 0 Å². The van der Waals surface area contributed by atoms with E-state index >= 15 is 0 Å². The molecule has 0 amide bonds. The van der Waals surface area contributed by atoms with E-state index in [0.717, 1.165) is 0 Å². The number of carbonyl (C=O) groups is 1. The molecular weight excluding hydrogens is 99.0 g/mol. The van der Waals surface area contributed by atoms with Crippen molar-refractivity contribution in [2.75, 3.05) is 0 Å². The van der Waals surface area contributed by atoms with E-state index in [1.165, 1.54) is 0 Å². The molecule has 0 radical (unpaired) electrons. The first-order valence-electron chi connectivity index (χ1n) is 2.15. The van der Waals surface area contributed by atoms with E-state index in [2.05, 4.69) is 0 Å². The van der Waals surface area contributed by atoms with E-state index in [4.69, 9.17) is 0 Å². The molecule has 0 bridgehead atoms. The molecule has 0 N–H and O–H groups in total. The van der Waals surface area contributed by atoms with Crippen LogP contribution in [0.3, 0.4) is 0 Å². The molecule has 0 rings (SSSR count). The Labute approximate surface area is 66.8 Å². The predicted molar refractivity (Wildman–Crippen MR) is 32.7 cm³/mol. The van der Waals surface area contributed by atoms with Crippen molar-refractivity contribution in [2.45, 2.75) is 20.8 Å². The van der Waals surface area contributed by atoms with E-state index in [1.54, 1.807) is 6.92 Å². The Bertz CT molecular complexity index is 59.1. The predicted octanol–water partition coefficient (Wildman–Crippen LogP) is 0.583. The first-order chi connectivity index (χ1) is 2.64. The van der Waals surface area contributed by atoms with Crippen LogP contribution in [-0.4, -0.2) is 35.3 Å². The average Bonchev–Trinajstić information content (AvgIpc) is 1.36. The van der Waals surface area contributed by atoms with Gasteiger partial charge in [-0.2, -0.15) is 0 Å². The van der Waals surface area contributed by atoms with Crippen LogP contribution in [0.5, 0.6) is 0 Å². The van der Waals surface area contributed by atoms with E-state index in [-0.39, 0.29) is 41.3 Å². The molecule has 0 fully saturated rings. The number of hydrogen-bond acceptors (Lipinski definition) is 1. The van der Waals surface area contributed by atoms with Gasteiger partial charge in [-0.15, -0.1) is 0 Å². The quantitative estimate of drug-likeness (QED) is 0.451. The summed E-state index contributed by atoms with van der Waals surface area (Å²) in [5.41, 5.74) is 0. The van der Waals surface area contributed by atoms with Crippen LogP contribution >= 0.6 is 0 Å².